The highest BCUT2D eigenvalue weighted by atomic mass is 32.2. The summed E-state index contributed by atoms with van der Waals surface area (Å²) >= 11 is 0. The average molecular weight is 1750 g/mol. The first-order valence-electron chi connectivity index (χ1n) is 39.8. The molecule has 6 aromatic heterocycles. The van der Waals surface area contributed by atoms with Gasteiger partial charge in [0.1, 0.15) is 64.7 Å². The van der Waals surface area contributed by atoms with Gasteiger partial charge in [-0.15, -0.1) is 0 Å². The van der Waals surface area contributed by atoms with Gasteiger partial charge in [-0.3, -0.25) is 33.2 Å². The van der Waals surface area contributed by atoms with Gasteiger partial charge in [0.25, 0.3) is 11.8 Å². The van der Waals surface area contributed by atoms with E-state index in [1.54, 1.807) is 95.5 Å². The summed E-state index contributed by atoms with van der Waals surface area (Å²) in [6.45, 7) is 4.55. The fourth-order valence-electron chi connectivity index (χ4n) is 17.8. The third-order valence-corrected chi connectivity index (χ3v) is 24.5. The molecular formula is C87H82F14N12O8S2. The molecule has 36 heteroatoms. The first-order valence-corrected chi connectivity index (χ1v) is 44.0. The molecule has 6 aliphatic rings. The van der Waals surface area contributed by atoms with Gasteiger partial charge in [0, 0.05) is 126 Å². The third-order valence-electron chi connectivity index (χ3n) is 22.9. The summed E-state index contributed by atoms with van der Waals surface area (Å²) in [6.07, 6.45) is -5.43. The number of hydrogen-bond donors (Lipinski definition) is 1. The van der Waals surface area contributed by atoms with E-state index in [0.29, 0.717) is 89.9 Å². The molecule has 2 aliphatic heterocycles. The summed E-state index contributed by atoms with van der Waals surface area (Å²) in [5.74, 6) is -7.62. The molecule has 0 spiro atoms. The Morgan fingerprint density at radius 3 is 1.40 bits per heavy atom. The van der Waals surface area contributed by atoms with Crippen molar-refractivity contribution in [2.24, 2.45) is 25.9 Å². The molecule has 2 unspecified atom stereocenters. The number of Topliss-reactive ketones (excluding diaryl/α,β-unsaturated/α-hetero) is 2. The molecular weight excluding hydrogens is 1670 g/mol. The molecule has 0 bridgehead atoms. The minimum absolute atomic E-state index is 0.0832. The van der Waals surface area contributed by atoms with Gasteiger partial charge in [-0.25, -0.2) is 49.2 Å². The van der Waals surface area contributed by atoms with Crippen LogP contribution in [0.15, 0.2) is 97.1 Å². The van der Waals surface area contributed by atoms with Crippen molar-refractivity contribution < 1.29 is 97.4 Å². The quantitative estimate of drug-likeness (QED) is 0.0551. The fraction of sp³-hybridized carbons (Fsp3) is 0.437. The highest BCUT2D eigenvalue weighted by Gasteiger charge is 2.70. The lowest BCUT2D eigenvalue weighted by atomic mass is 9.86. The van der Waals surface area contributed by atoms with E-state index >= 15 is 17.6 Å². The smallest absolute Gasteiger partial charge is 0.435 e. The van der Waals surface area contributed by atoms with E-state index in [2.05, 4.69) is 49.4 Å². The van der Waals surface area contributed by atoms with Crippen molar-refractivity contribution in [3.63, 3.8) is 0 Å². The van der Waals surface area contributed by atoms with E-state index in [1.165, 1.54) is 14.3 Å². The van der Waals surface area contributed by atoms with Crippen molar-refractivity contribution in [3.05, 3.63) is 200 Å². The van der Waals surface area contributed by atoms with Crippen molar-refractivity contribution in [2.75, 3.05) is 25.6 Å². The number of para-hydroxylation sites is 2. The number of benzene rings is 4. The molecule has 123 heavy (non-hydrogen) atoms. The van der Waals surface area contributed by atoms with E-state index in [0.717, 1.165) is 75.4 Å². The van der Waals surface area contributed by atoms with E-state index in [4.69, 9.17) is 14.7 Å². The topological polar surface area (TPSA) is 241 Å². The van der Waals surface area contributed by atoms with Gasteiger partial charge >= 0.3 is 18.4 Å². The monoisotopic (exact) mass is 1750 g/mol. The first kappa shape index (κ1) is 87.1. The third kappa shape index (κ3) is 18.6. The Balaban J connectivity index is 0.000000192. The molecule has 648 valence electrons. The van der Waals surface area contributed by atoms with E-state index in [9.17, 15) is 75.1 Å². The predicted molar refractivity (Wildman–Crippen MR) is 424 cm³/mol. The summed E-state index contributed by atoms with van der Waals surface area (Å²) in [6, 6.07) is 21.8. The molecule has 10 aromatic rings. The second-order valence-electron chi connectivity index (χ2n) is 33.7. The van der Waals surface area contributed by atoms with Crippen LogP contribution < -0.4 is 5.32 Å². The zero-order valence-corrected chi connectivity index (χ0v) is 69.0. The number of fused-ring (bicyclic) bond motifs is 8. The van der Waals surface area contributed by atoms with Gasteiger partial charge < -0.3 is 10.1 Å². The molecule has 8 heterocycles. The Morgan fingerprint density at radius 2 is 0.992 bits per heavy atom. The number of ketones is 2. The van der Waals surface area contributed by atoms with Crippen LogP contribution in [0.5, 0.6) is 0 Å². The minimum atomic E-state index is -5.06. The van der Waals surface area contributed by atoms with Gasteiger partial charge in [-0.05, 0) is 175 Å². The van der Waals surface area contributed by atoms with E-state index in [1.807, 2.05) is 0 Å². The number of aromatic nitrogens is 10. The molecule has 20 nitrogen and oxygen atoms in total. The number of nitrogens with one attached hydrogen (secondary N) is 1. The van der Waals surface area contributed by atoms with Crippen LogP contribution >= 0.6 is 0 Å². The number of likely N-dealkylation sites (tertiary alicyclic amines) is 1. The number of nitrogens with zero attached hydrogens (tertiary/aromatic N) is 11. The van der Waals surface area contributed by atoms with Crippen LogP contribution in [-0.4, -0.2) is 132 Å². The SMILES string of the molecule is Cn1nc(CS(C)(=O)=O)c2cccc(-c3ccc(C#CC4CCCCN4)nc3[C@@H](CC(=O)Cn3nc(C(F)(F)F)c4c3C(F)(F)[C@@H]3C[C@H]43)Cc3cc(F)cc(F)c3)c21.Cn1nc(CS(C)(=O)=O)c2cccc(-c3ccc(C#CC4CCCCN4C(=O)OC(C)(C)C)nc3[C@@H](CC(=O)Cn3nc(C(F)(F)F)c4c3C(F)(F)[C@@H]3C[C@H]43)Cc3cc(F)cc(F)c3)c21. The largest absolute Gasteiger partial charge is 0.444 e. The Hall–Kier alpha value is -10.9. The van der Waals surface area contributed by atoms with Crippen molar-refractivity contribution >= 4 is 59.1 Å². The van der Waals surface area contributed by atoms with Gasteiger partial charge in [0.15, 0.2) is 42.6 Å². The first-order chi connectivity index (χ1) is 57.7. The number of pyridine rings is 2. The molecule has 1 N–H and O–H groups in total. The second kappa shape index (κ2) is 32.7. The highest BCUT2D eigenvalue weighted by Crippen LogP contribution is 2.70. The van der Waals surface area contributed by atoms with Crippen LogP contribution in [0, 0.1) is 58.8 Å². The molecule has 8 atom stereocenters. The molecule has 1 amide bonds. The lowest BCUT2D eigenvalue weighted by molar-refractivity contribution is -0.143. The lowest BCUT2D eigenvalue weighted by Crippen LogP contribution is -2.45. The lowest BCUT2D eigenvalue weighted by Gasteiger charge is -2.34. The van der Waals surface area contributed by atoms with Gasteiger partial charge in [0.05, 0.1) is 57.4 Å². The number of carbonyl (C=O) groups is 3. The normalized spacial score (nSPS) is 20.0. The summed E-state index contributed by atoms with van der Waals surface area (Å²) in [5.41, 5.74) is -2.36. The van der Waals surface area contributed by atoms with Crippen molar-refractivity contribution in [1.29, 1.82) is 0 Å². The predicted octanol–water partition coefficient (Wildman–Crippen LogP) is 16.4. The number of amides is 1. The van der Waals surface area contributed by atoms with Crippen LogP contribution in [0.25, 0.3) is 44.1 Å². The molecule has 4 aliphatic carbocycles. The Kier molecular flexibility index (Phi) is 23.1. The second-order valence-corrected chi connectivity index (χ2v) is 38.0. The van der Waals surface area contributed by atoms with E-state index in [-0.39, 0.29) is 77.1 Å². The maximum Gasteiger partial charge on any atom is 0.435 e. The van der Waals surface area contributed by atoms with Crippen molar-refractivity contribution in [1.82, 2.24) is 59.3 Å². The number of hydrogen-bond acceptors (Lipinski definition) is 15. The van der Waals surface area contributed by atoms with Crippen molar-refractivity contribution in [2.45, 2.75) is 188 Å². The van der Waals surface area contributed by atoms with Gasteiger partial charge in [-0.1, -0.05) is 48.2 Å². The number of ether oxygens (including phenoxy) is 1. The Labute approximate surface area is 697 Å². The van der Waals surface area contributed by atoms with Crippen LogP contribution in [0.3, 0.4) is 0 Å². The number of sulfone groups is 2. The zero-order chi connectivity index (χ0) is 88.3. The maximum atomic E-state index is 15.6. The summed E-state index contributed by atoms with van der Waals surface area (Å²) in [7, 11) is -3.80. The van der Waals surface area contributed by atoms with Gasteiger partial charge in [0.2, 0.25) is 0 Å². The maximum absolute atomic E-state index is 15.6. The molecule has 16 rings (SSSR count). The Bertz CT molecular complexity index is 6260. The molecule has 4 aromatic carbocycles. The minimum Gasteiger partial charge on any atom is -0.444 e. The van der Waals surface area contributed by atoms with Crippen LogP contribution in [-0.2, 0) is 110 Å². The van der Waals surface area contributed by atoms with Crippen LogP contribution in [0.2, 0.25) is 0 Å². The fourth-order valence-corrected chi connectivity index (χ4v) is 19.2. The highest BCUT2D eigenvalue weighted by molar-refractivity contribution is 7.90. The Morgan fingerprint density at radius 1 is 0.561 bits per heavy atom. The average Bonchev–Trinajstić information content (AvgIpc) is 1.52. The molecule has 0 radical (unpaired) electrons. The van der Waals surface area contributed by atoms with Gasteiger partial charge in [-0.2, -0.15) is 64.3 Å². The number of aryl methyl sites for hydroxylation is 2. The number of rotatable bonds is 20. The van der Waals surface area contributed by atoms with Crippen LogP contribution in [0.1, 0.15) is 188 Å². The molecule has 4 fully saturated rings. The summed E-state index contributed by atoms with van der Waals surface area (Å²) < 4.78 is 265. The standard InChI is InChI=1S/C46H45F7N6O5S.C41H37F7N6O3S/c1-44(2,3)64-43(61)58-16-7-6-9-30(58)14-12-29-13-15-32(33-10-8-11-34-37(24-65(5,62)63)55-57(4)40(33)34)39(54-29)26(17-25-18-27(47)21-28(48)19-25)20-31(60)23-59-42-38(41(56-59)46(51,52)53)35-22-36(35)45(42,49)50;1-53-37-30(7-5-8-31(37)34(51-53)21-58(2,56)57)29-12-11-27(10-9-26-6-3-4-13-49-26)50-36(29)23(14-22-15-24(42)18-25(43)16-22)17-28(55)20-54-39-35(38(52-54)41(46,47)48)32-19-33(32)40(39,44)45/h8,10-11,13,15,18-19,21,26,30,35-36H,6-7,9,16-17,20,22-24H2,1-5H3;5,7-8,11-12,15-16,18,23,26,32-33,49H,3-4,6,13-14,17,19-21H2,1-2H3/t26-,30?,35+,36-;23-,26?,32+,33-/m11/s1. The van der Waals surface area contributed by atoms with Crippen LogP contribution in [0.4, 0.5) is 66.3 Å². The number of piperidine rings is 2. The summed E-state index contributed by atoms with van der Waals surface area (Å²) in [5, 5.41) is 20.4. The van der Waals surface area contributed by atoms with E-state index < -0.39 is 192 Å². The number of halogens is 14. The number of alkyl halides is 10. The molecule has 2 saturated carbocycles. The number of carbonyl (C=O) groups excluding carboxylic acids is 3. The zero-order valence-electron chi connectivity index (χ0n) is 67.4. The summed E-state index contributed by atoms with van der Waals surface area (Å²) in [4.78, 5) is 52.9. The molecule has 2 saturated heterocycles. The van der Waals surface area contributed by atoms with Crippen molar-refractivity contribution in [3.8, 4) is 45.9 Å².